The van der Waals surface area contributed by atoms with Crippen molar-refractivity contribution >= 4 is 27.5 Å². The molecular weight excluding hydrogens is 338 g/mol. The van der Waals surface area contributed by atoms with Crippen LogP contribution in [0.15, 0.2) is 53.0 Å². The Labute approximate surface area is 133 Å². The van der Waals surface area contributed by atoms with Crippen molar-refractivity contribution in [2.45, 2.75) is 13.0 Å². The van der Waals surface area contributed by atoms with Crippen LogP contribution in [0.3, 0.4) is 0 Å². The summed E-state index contributed by atoms with van der Waals surface area (Å²) in [5.41, 5.74) is 1.18. The molecule has 0 aromatic heterocycles. The van der Waals surface area contributed by atoms with Crippen molar-refractivity contribution in [2.24, 2.45) is 0 Å². The second kappa shape index (κ2) is 7.67. The van der Waals surface area contributed by atoms with E-state index >= 15 is 0 Å². The highest BCUT2D eigenvalue weighted by molar-refractivity contribution is 9.10. The summed E-state index contributed by atoms with van der Waals surface area (Å²) in [6.45, 7) is 3.53. The summed E-state index contributed by atoms with van der Waals surface area (Å²) in [6, 6.07) is 16.0. The lowest BCUT2D eigenvalue weighted by atomic mass is 10.1. The van der Waals surface area contributed by atoms with E-state index in [1.165, 1.54) is 5.56 Å². The molecule has 2 aromatic carbocycles. The maximum Gasteiger partial charge on any atom is 0.119 e. The first-order valence-electron chi connectivity index (χ1n) is 6.52. The second-order valence-electron chi connectivity index (χ2n) is 4.53. The molecule has 0 saturated carbocycles. The Hall–Kier alpha value is -1.03. The van der Waals surface area contributed by atoms with Crippen molar-refractivity contribution in [3.8, 4) is 5.75 Å². The number of hydrogen-bond acceptors (Lipinski definition) is 2. The molecule has 2 nitrogen and oxygen atoms in total. The summed E-state index contributed by atoms with van der Waals surface area (Å²) in [6.07, 6.45) is 0. The monoisotopic (exact) mass is 353 g/mol. The summed E-state index contributed by atoms with van der Waals surface area (Å²) in [7, 11) is 0. The van der Waals surface area contributed by atoms with Crippen molar-refractivity contribution in [3.05, 3.63) is 63.6 Å². The van der Waals surface area contributed by atoms with E-state index in [4.69, 9.17) is 16.3 Å². The Balaban J connectivity index is 1.74. The van der Waals surface area contributed by atoms with E-state index < -0.39 is 0 Å². The summed E-state index contributed by atoms with van der Waals surface area (Å²) < 4.78 is 6.71. The van der Waals surface area contributed by atoms with Gasteiger partial charge in [-0.25, -0.2) is 0 Å². The molecule has 106 valence electrons. The van der Waals surface area contributed by atoms with Crippen LogP contribution in [0.1, 0.15) is 18.5 Å². The lowest BCUT2D eigenvalue weighted by molar-refractivity contribution is 0.307. The van der Waals surface area contributed by atoms with Crippen LogP contribution < -0.4 is 10.1 Å². The first kappa shape index (κ1) is 15.4. The molecule has 0 bridgehead atoms. The Morgan fingerprint density at radius 3 is 2.65 bits per heavy atom. The zero-order valence-electron chi connectivity index (χ0n) is 11.3. The van der Waals surface area contributed by atoms with Gasteiger partial charge in [0.1, 0.15) is 12.4 Å². The van der Waals surface area contributed by atoms with Gasteiger partial charge < -0.3 is 10.1 Å². The highest BCUT2D eigenvalue weighted by Gasteiger charge is 2.04. The van der Waals surface area contributed by atoms with Gasteiger partial charge in [-0.2, -0.15) is 0 Å². The van der Waals surface area contributed by atoms with Crippen molar-refractivity contribution in [1.82, 2.24) is 5.32 Å². The Kier molecular flexibility index (Phi) is 5.89. The van der Waals surface area contributed by atoms with Crippen molar-refractivity contribution < 1.29 is 4.74 Å². The highest BCUT2D eigenvalue weighted by atomic mass is 79.9. The second-order valence-corrected chi connectivity index (χ2v) is 5.89. The third-order valence-corrected chi connectivity index (χ3v) is 3.75. The Morgan fingerprint density at radius 2 is 1.95 bits per heavy atom. The first-order chi connectivity index (χ1) is 9.65. The molecule has 2 rings (SSSR count). The minimum atomic E-state index is 0.252. The smallest absolute Gasteiger partial charge is 0.119 e. The van der Waals surface area contributed by atoms with E-state index in [9.17, 15) is 0 Å². The van der Waals surface area contributed by atoms with Gasteiger partial charge in [-0.3, -0.25) is 0 Å². The Bertz CT molecular complexity index is 544. The van der Waals surface area contributed by atoms with Gasteiger partial charge in [-0.15, -0.1) is 0 Å². The van der Waals surface area contributed by atoms with E-state index in [2.05, 4.69) is 34.2 Å². The van der Waals surface area contributed by atoms with Gasteiger partial charge in [0.05, 0.1) is 0 Å². The number of halogens is 2. The van der Waals surface area contributed by atoms with Crippen LogP contribution in [0, 0.1) is 0 Å². The zero-order valence-corrected chi connectivity index (χ0v) is 13.6. The Morgan fingerprint density at radius 1 is 1.20 bits per heavy atom. The third kappa shape index (κ3) is 4.82. The molecule has 0 saturated heterocycles. The molecular formula is C16H17BrClNO. The van der Waals surface area contributed by atoms with Gasteiger partial charge in [0.15, 0.2) is 0 Å². The number of hydrogen-bond donors (Lipinski definition) is 1. The van der Waals surface area contributed by atoms with Crippen LogP contribution in [0.25, 0.3) is 0 Å². The topological polar surface area (TPSA) is 21.3 Å². The maximum absolute atomic E-state index is 5.99. The van der Waals surface area contributed by atoms with E-state index in [0.717, 1.165) is 21.8 Å². The SMILES string of the molecule is C[C@H](NCCOc1ccc(Br)cc1)c1cccc(Cl)c1. The molecule has 0 amide bonds. The summed E-state index contributed by atoms with van der Waals surface area (Å²) in [4.78, 5) is 0. The average Bonchev–Trinajstić information content (AvgIpc) is 2.45. The minimum Gasteiger partial charge on any atom is -0.492 e. The predicted molar refractivity (Wildman–Crippen MR) is 87.5 cm³/mol. The normalized spacial score (nSPS) is 12.2. The molecule has 0 radical (unpaired) electrons. The standard InChI is InChI=1S/C16H17BrClNO/c1-12(13-3-2-4-15(18)11-13)19-9-10-20-16-7-5-14(17)6-8-16/h2-8,11-12,19H,9-10H2,1H3/t12-/m0/s1. The van der Waals surface area contributed by atoms with Crippen LogP contribution in [0.5, 0.6) is 5.75 Å². The predicted octanol–water partition coefficient (Wildman–Crippen LogP) is 4.83. The third-order valence-electron chi connectivity index (χ3n) is 2.98. The van der Waals surface area contributed by atoms with Gasteiger partial charge in [0.25, 0.3) is 0 Å². The number of ether oxygens (including phenoxy) is 1. The van der Waals surface area contributed by atoms with E-state index in [0.29, 0.717) is 6.61 Å². The number of nitrogens with one attached hydrogen (secondary N) is 1. The quantitative estimate of drug-likeness (QED) is 0.750. The molecule has 0 heterocycles. The molecule has 0 aliphatic rings. The fraction of sp³-hybridized carbons (Fsp3) is 0.250. The van der Waals surface area contributed by atoms with Crippen molar-refractivity contribution in [2.75, 3.05) is 13.2 Å². The molecule has 4 heteroatoms. The molecule has 20 heavy (non-hydrogen) atoms. The van der Waals surface area contributed by atoms with E-state index in [-0.39, 0.29) is 6.04 Å². The molecule has 2 aromatic rings. The maximum atomic E-state index is 5.99. The van der Waals surface area contributed by atoms with Gasteiger partial charge in [-0.1, -0.05) is 39.7 Å². The van der Waals surface area contributed by atoms with Crippen LogP contribution >= 0.6 is 27.5 Å². The molecule has 0 fully saturated rings. The van der Waals surface area contributed by atoms with E-state index in [1.807, 2.05) is 42.5 Å². The molecule has 0 aliphatic carbocycles. The summed E-state index contributed by atoms with van der Waals surface area (Å²) >= 11 is 9.39. The van der Waals surface area contributed by atoms with Gasteiger partial charge >= 0.3 is 0 Å². The first-order valence-corrected chi connectivity index (χ1v) is 7.69. The molecule has 0 aliphatic heterocycles. The van der Waals surface area contributed by atoms with Crippen molar-refractivity contribution in [1.29, 1.82) is 0 Å². The molecule has 0 spiro atoms. The van der Waals surface area contributed by atoms with Gasteiger partial charge in [0, 0.05) is 22.1 Å². The van der Waals surface area contributed by atoms with Crippen LogP contribution in [0.4, 0.5) is 0 Å². The van der Waals surface area contributed by atoms with Gasteiger partial charge in [-0.05, 0) is 48.9 Å². The molecule has 1 N–H and O–H groups in total. The van der Waals surface area contributed by atoms with E-state index in [1.54, 1.807) is 0 Å². The molecule has 0 unspecified atom stereocenters. The molecule has 1 atom stereocenters. The zero-order chi connectivity index (χ0) is 14.4. The van der Waals surface area contributed by atoms with Crippen molar-refractivity contribution in [3.63, 3.8) is 0 Å². The number of benzene rings is 2. The van der Waals surface area contributed by atoms with Gasteiger partial charge in [0.2, 0.25) is 0 Å². The fourth-order valence-corrected chi connectivity index (χ4v) is 2.33. The summed E-state index contributed by atoms with van der Waals surface area (Å²) in [5, 5.41) is 4.18. The van der Waals surface area contributed by atoms with Crippen LogP contribution in [0.2, 0.25) is 5.02 Å². The average molecular weight is 355 g/mol. The largest absolute Gasteiger partial charge is 0.492 e. The van der Waals surface area contributed by atoms with Crippen LogP contribution in [-0.2, 0) is 0 Å². The lowest BCUT2D eigenvalue weighted by Crippen LogP contribution is -2.24. The lowest BCUT2D eigenvalue weighted by Gasteiger charge is -2.15. The summed E-state index contributed by atoms with van der Waals surface area (Å²) in [5.74, 6) is 0.880. The highest BCUT2D eigenvalue weighted by Crippen LogP contribution is 2.18. The fourth-order valence-electron chi connectivity index (χ4n) is 1.87. The minimum absolute atomic E-state index is 0.252. The number of rotatable bonds is 6. The van der Waals surface area contributed by atoms with Crippen LogP contribution in [-0.4, -0.2) is 13.2 Å².